The normalized spacial score (nSPS) is 11.3. The third kappa shape index (κ3) is 3.83. The summed E-state index contributed by atoms with van der Waals surface area (Å²) in [6.07, 6.45) is 8.52. The van der Waals surface area contributed by atoms with Crippen LogP contribution >= 0.6 is 0 Å². The van der Waals surface area contributed by atoms with Crippen LogP contribution in [-0.2, 0) is 13.0 Å². The highest BCUT2D eigenvalue weighted by Crippen LogP contribution is 2.24. The molecule has 1 heterocycles. The number of rotatable bonds is 8. The van der Waals surface area contributed by atoms with E-state index in [9.17, 15) is 4.39 Å². The van der Waals surface area contributed by atoms with Crippen LogP contribution in [0.5, 0.6) is 0 Å². The van der Waals surface area contributed by atoms with Crippen LogP contribution in [0.1, 0.15) is 56.8 Å². The van der Waals surface area contributed by atoms with E-state index in [1.165, 1.54) is 38.2 Å². The summed E-state index contributed by atoms with van der Waals surface area (Å²) in [5.74, 6) is 0.671. The van der Waals surface area contributed by atoms with Crippen LogP contribution in [0.3, 0.4) is 0 Å². The summed E-state index contributed by atoms with van der Waals surface area (Å²) in [5.41, 5.74) is 6.69. The molecule has 0 saturated heterocycles. The van der Waals surface area contributed by atoms with Gasteiger partial charge in [0.25, 0.3) is 0 Å². The van der Waals surface area contributed by atoms with Crippen molar-refractivity contribution in [2.24, 2.45) is 5.73 Å². The number of hydrogen-bond acceptors (Lipinski definition) is 2. The highest BCUT2D eigenvalue weighted by molar-refractivity contribution is 5.78. The lowest BCUT2D eigenvalue weighted by Gasteiger charge is -1.99. The van der Waals surface area contributed by atoms with E-state index in [2.05, 4.69) is 6.92 Å². The summed E-state index contributed by atoms with van der Waals surface area (Å²) in [5, 5.41) is 0.952. The minimum Gasteiger partial charge on any atom is -0.461 e. The lowest BCUT2D eigenvalue weighted by atomic mass is 10.1. The van der Waals surface area contributed by atoms with Crippen molar-refractivity contribution in [3.05, 3.63) is 35.3 Å². The fourth-order valence-electron chi connectivity index (χ4n) is 2.52. The molecule has 1 aromatic carbocycles. The molecular weight excluding hydrogens is 253 g/mol. The van der Waals surface area contributed by atoms with Gasteiger partial charge in [0.05, 0.1) is 0 Å². The number of benzene rings is 1. The average Bonchev–Trinajstić information content (AvgIpc) is 2.83. The van der Waals surface area contributed by atoms with E-state index in [4.69, 9.17) is 10.2 Å². The molecule has 2 aromatic rings. The van der Waals surface area contributed by atoms with Crippen LogP contribution in [0.15, 0.2) is 22.6 Å². The first kappa shape index (κ1) is 15.0. The molecule has 0 aliphatic rings. The van der Waals surface area contributed by atoms with Gasteiger partial charge in [0.15, 0.2) is 0 Å². The fraction of sp³-hybridized carbons (Fsp3) is 0.529. The van der Waals surface area contributed by atoms with E-state index in [-0.39, 0.29) is 12.4 Å². The first-order chi connectivity index (χ1) is 9.74. The van der Waals surface area contributed by atoms with E-state index in [0.29, 0.717) is 11.1 Å². The molecule has 20 heavy (non-hydrogen) atoms. The van der Waals surface area contributed by atoms with Gasteiger partial charge in [-0.15, -0.1) is 0 Å². The molecule has 2 N–H and O–H groups in total. The van der Waals surface area contributed by atoms with Crippen molar-refractivity contribution in [1.29, 1.82) is 0 Å². The highest BCUT2D eigenvalue weighted by Gasteiger charge is 2.08. The Labute approximate surface area is 120 Å². The summed E-state index contributed by atoms with van der Waals surface area (Å²) in [4.78, 5) is 0. The molecule has 0 radical (unpaired) electrons. The van der Waals surface area contributed by atoms with Crippen molar-refractivity contribution < 1.29 is 8.81 Å². The number of fused-ring (bicyclic) bond motifs is 1. The van der Waals surface area contributed by atoms with Gasteiger partial charge < -0.3 is 10.2 Å². The Hall–Kier alpha value is -1.35. The Bertz CT molecular complexity index is 547. The smallest absolute Gasteiger partial charge is 0.137 e. The van der Waals surface area contributed by atoms with Crippen molar-refractivity contribution in [3.63, 3.8) is 0 Å². The van der Waals surface area contributed by atoms with Crippen LogP contribution in [0.2, 0.25) is 0 Å². The van der Waals surface area contributed by atoms with Crippen molar-refractivity contribution in [1.82, 2.24) is 0 Å². The maximum atomic E-state index is 13.6. The summed E-state index contributed by atoms with van der Waals surface area (Å²) in [7, 11) is 0. The van der Waals surface area contributed by atoms with E-state index in [1.807, 2.05) is 6.07 Å². The van der Waals surface area contributed by atoms with Gasteiger partial charge in [-0.2, -0.15) is 0 Å². The second kappa shape index (κ2) is 7.44. The Kier molecular flexibility index (Phi) is 5.60. The first-order valence-electron chi connectivity index (χ1n) is 7.65. The van der Waals surface area contributed by atoms with Gasteiger partial charge in [0, 0.05) is 30.0 Å². The lowest BCUT2D eigenvalue weighted by Crippen LogP contribution is -1.98. The van der Waals surface area contributed by atoms with Crippen molar-refractivity contribution in [3.8, 4) is 0 Å². The maximum absolute atomic E-state index is 13.6. The highest BCUT2D eigenvalue weighted by atomic mass is 19.1. The summed E-state index contributed by atoms with van der Waals surface area (Å²) < 4.78 is 19.3. The zero-order valence-corrected chi connectivity index (χ0v) is 12.3. The molecule has 0 atom stereocenters. The third-order valence-electron chi connectivity index (χ3n) is 3.73. The number of unbranched alkanes of at least 4 members (excludes halogenated alkanes) is 5. The van der Waals surface area contributed by atoms with E-state index < -0.39 is 0 Å². The van der Waals surface area contributed by atoms with E-state index in [0.717, 1.165) is 24.0 Å². The molecule has 1 aromatic heterocycles. The molecule has 2 nitrogen and oxygen atoms in total. The lowest BCUT2D eigenvalue weighted by molar-refractivity contribution is 0.519. The van der Waals surface area contributed by atoms with Crippen LogP contribution in [0, 0.1) is 5.82 Å². The predicted octanol–water partition coefficient (Wildman–Crippen LogP) is 4.93. The second-order valence-electron chi connectivity index (χ2n) is 5.42. The molecule has 2 rings (SSSR count). The Morgan fingerprint density at radius 1 is 1.05 bits per heavy atom. The summed E-state index contributed by atoms with van der Waals surface area (Å²) in [6.45, 7) is 2.45. The number of nitrogens with two attached hydrogens (primary N) is 1. The van der Waals surface area contributed by atoms with Crippen LogP contribution in [0.25, 0.3) is 11.0 Å². The molecule has 0 fully saturated rings. The van der Waals surface area contributed by atoms with Gasteiger partial charge in [-0.25, -0.2) is 4.39 Å². The Morgan fingerprint density at radius 3 is 2.55 bits per heavy atom. The molecule has 0 aliphatic carbocycles. The quantitative estimate of drug-likeness (QED) is 0.694. The molecule has 0 saturated carbocycles. The largest absolute Gasteiger partial charge is 0.461 e. The zero-order valence-electron chi connectivity index (χ0n) is 12.3. The van der Waals surface area contributed by atoms with Gasteiger partial charge in [0.1, 0.15) is 17.2 Å². The van der Waals surface area contributed by atoms with Gasteiger partial charge in [-0.3, -0.25) is 0 Å². The monoisotopic (exact) mass is 277 g/mol. The number of halogens is 1. The Morgan fingerprint density at radius 2 is 1.80 bits per heavy atom. The summed E-state index contributed by atoms with van der Waals surface area (Å²) >= 11 is 0. The van der Waals surface area contributed by atoms with Crippen molar-refractivity contribution >= 4 is 11.0 Å². The number of aryl methyl sites for hydroxylation is 1. The summed E-state index contributed by atoms with van der Waals surface area (Å²) in [6, 6.07) is 5.25. The van der Waals surface area contributed by atoms with E-state index in [1.54, 1.807) is 6.07 Å². The van der Waals surface area contributed by atoms with Gasteiger partial charge in [-0.05, 0) is 18.6 Å². The zero-order chi connectivity index (χ0) is 14.4. The molecule has 0 unspecified atom stereocenters. The predicted molar refractivity (Wildman–Crippen MR) is 81.1 cm³/mol. The molecular formula is C17H24FNO. The van der Waals surface area contributed by atoms with Gasteiger partial charge in [0.2, 0.25) is 0 Å². The van der Waals surface area contributed by atoms with Crippen LogP contribution in [-0.4, -0.2) is 0 Å². The van der Waals surface area contributed by atoms with Gasteiger partial charge >= 0.3 is 0 Å². The maximum Gasteiger partial charge on any atom is 0.137 e. The van der Waals surface area contributed by atoms with Gasteiger partial charge in [-0.1, -0.05) is 39.0 Å². The fourth-order valence-corrected chi connectivity index (χ4v) is 2.52. The van der Waals surface area contributed by atoms with Crippen molar-refractivity contribution in [2.45, 2.75) is 58.4 Å². The topological polar surface area (TPSA) is 39.2 Å². The molecule has 0 spiro atoms. The molecule has 0 aliphatic heterocycles. The third-order valence-corrected chi connectivity index (χ3v) is 3.73. The first-order valence-corrected chi connectivity index (χ1v) is 7.65. The Balaban J connectivity index is 1.91. The molecule has 110 valence electrons. The minimum atomic E-state index is -0.277. The number of hydrogen-bond donors (Lipinski definition) is 1. The molecule has 3 heteroatoms. The SMILES string of the molecule is CCCCCCCCc1cc2cc(CN)c(F)cc2o1. The molecule has 0 bridgehead atoms. The van der Waals surface area contributed by atoms with E-state index >= 15 is 0 Å². The molecule has 0 amide bonds. The standard InChI is InChI=1S/C17H24FNO/c1-2-3-4-5-6-7-8-15-10-13-9-14(12-19)16(18)11-17(13)20-15/h9-11H,2-8,12,19H2,1H3. The second-order valence-corrected chi connectivity index (χ2v) is 5.42. The number of furan rings is 1. The average molecular weight is 277 g/mol. The minimum absolute atomic E-state index is 0.222. The van der Waals surface area contributed by atoms with Crippen LogP contribution < -0.4 is 5.73 Å². The van der Waals surface area contributed by atoms with Crippen molar-refractivity contribution in [2.75, 3.05) is 0 Å². The van der Waals surface area contributed by atoms with Crippen LogP contribution in [0.4, 0.5) is 4.39 Å².